The van der Waals surface area contributed by atoms with Crippen molar-refractivity contribution in [3.63, 3.8) is 0 Å². The summed E-state index contributed by atoms with van der Waals surface area (Å²) in [7, 11) is 0. The van der Waals surface area contributed by atoms with Gasteiger partial charge in [0.15, 0.2) is 0 Å². The van der Waals surface area contributed by atoms with Crippen molar-refractivity contribution in [3.8, 4) is 0 Å². The van der Waals surface area contributed by atoms with Gasteiger partial charge in [-0.3, -0.25) is 0 Å². The second kappa shape index (κ2) is 2.13. The van der Waals surface area contributed by atoms with E-state index in [1.165, 1.54) is 0 Å². The third-order valence-electron chi connectivity index (χ3n) is 1.57. The summed E-state index contributed by atoms with van der Waals surface area (Å²) >= 11 is 0. The van der Waals surface area contributed by atoms with Gasteiger partial charge in [-0.2, -0.15) is 0 Å². The van der Waals surface area contributed by atoms with Crippen LogP contribution in [0.4, 0.5) is 8.78 Å². The first-order chi connectivity index (χ1) is 4.41. The average molecular weight is 150 g/mol. The summed E-state index contributed by atoms with van der Waals surface area (Å²) in [6.45, 7) is 1.87. The summed E-state index contributed by atoms with van der Waals surface area (Å²) in [4.78, 5) is 0. The summed E-state index contributed by atoms with van der Waals surface area (Å²) < 4.78 is 25.1. The first kappa shape index (κ1) is 7.88. The maximum Gasteiger partial charge on any atom is 0.262 e. The monoisotopic (exact) mass is 150 g/mol. The Morgan fingerprint density at radius 3 is 2.30 bits per heavy atom. The van der Waals surface area contributed by atoms with Gasteiger partial charge in [-0.1, -0.05) is 0 Å². The lowest BCUT2D eigenvalue weighted by Gasteiger charge is -2.35. The van der Waals surface area contributed by atoms with Gasteiger partial charge in [0.1, 0.15) is 0 Å². The lowest BCUT2D eigenvalue weighted by Crippen LogP contribution is -2.57. The Balaban J connectivity index is 2.56. The van der Waals surface area contributed by atoms with Crippen LogP contribution in [0.25, 0.3) is 0 Å². The van der Waals surface area contributed by atoms with E-state index in [-0.39, 0.29) is 13.0 Å². The number of alkyl halides is 2. The molecular formula is C6H12F2N2. The molecule has 60 valence electrons. The zero-order valence-electron chi connectivity index (χ0n) is 5.95. The molecule has 10 heavy (non-hydrogen) atoms. The van der Waals surface area contributed by atoms with E-state index in [1.807, 2.05) is 0 Å². The molecule has 1 atom stereocenters. The smallest absolute Gasteiger partial charge is 0.262 e. The van der Waals surface area contributed by atoms with Crippen molar-refractivity contribution < 1.29 is 8.78 Å². The Kier molecular flexibility index (Phi) is 1.68. The fraction of sp³-hybridized carbons (Fsp3) is 1.00. The SMILES string of the molecule is C[C@@]1(N)CNCC(F)(F)C1. The van der Waals surface area contributed by atoms with Crippen LogP contribution in [0.5, 0.6) is 0 Å². The summed E-state index contributed by atoms with van der Waals surface area (Å²) in [6.07, 6.45) is -0.215. The van der Waals surface area contributed by atoms with Crippen LogP contribution in [-0.2, 0) is 0 Å². The minimum atomic E-state index is -2.62. The predicted octanol–water partition coefficient (Wildman–Crippen LogP) is 0.332. The van der Waals surface area contributed by atoms with Crippen molar-refractivity contribution in [2.45, 2.75) is 24.8 Å². The molecule has 1 aliphatic heterocycles. The Hall–Kier alpha value is -0.220. The standard InChI is InChI=1S/C6H12F2N2/c1-5(9)2-6(7,8)4-10-3-5/h10H,2-4,9H2,1H3/t5-/m0/s1. The molecule has 2 nitrogen and oxygen atoms in total. The van der Waals surface area contributed by atoms with Gasteiger partial charge in [-0.15, -0.1) is 0 Å². The van der Waals surface area contributed by atoms with Crippen LogP contribution >= 0.6 is 0 Å². The minimum absolute atomic E-state index is 0.215. The van der Waals surface area contributed by atoms with E-state index in [0.29, 0.717) is 6.54 Å². The van der Waals surface area contributed by atoms with E-state index < -0.39 is 11.5 Å². The Morgan fingerprint density at radius 1 is 1.40 bits per heavy atom. The average Bonchev–Trinajstić information content (AvgIpc) is 1.56. The zero-order valence-corrected chi connectivity index (χ0v) is 5.95. The van der Waals surface area contributed by atoms with Gasteiger partial charge < -0.3 is 11.1 Å². The van der Waals surface area contributed by atoms with Crippen molar-refractivity contribution >= 4 is 0 Å². The first-order valence-electron chi connectivity index (χ1n) is 3.29. The Morgan fingerprint density at radius 2 is 2.00 bits per heavy atom. The van der Waals surface area contributed by atoms with Crippen LogP contribution in [0.3, 0.4) is 0 Å². The number of nitrogens with one attached hydrogen (secondary N) is 1. The number of halogens is 2. The quantitative estimate of drug-likeness (QED) is 0.522. The van der Waals surface area contributed by atoms with Crippen molar-refractivity contribution in [3.05, 3.63) is 0 Å². The molecule has 1 saturated heterocycles. The molecule has 1 heterocycles. The molecule has 1 aliphatic rings. The number of nitrogens with two attached hydrogens (primary N) is 1. The highest BCUT2D eigenvalue weighted by Gasteiger charge is 2.40. The number of hydrogen-bond donors (Lipinski definition) is 2. The van der Waals surface area contributed by atoms with E-state index in [0.717, 1.165) is 0 Å². The van der Waals surface area contributed by atoms with Crippen molar-refractivity contribution in [2.75, 3.05) is 13.1 Å². The van der Waals surface area contributed by atoms with Crippen molar-refractivity contribution in [1.82, 2.24) is 5.32 Å². The van der Waals surface area contributed by atoms with Crippen molar-refractivity contribution in [2.24, 2.45) is 5.73 Å². The summed E-state index contributed by atoms with van der Waals surface area (Å²) in [5.74, 6) is -2.62. The van der Waals surface area contributed by atoms with Gasteiger partial charge in [-0.25, -0.2) is 8.78 Å². The van der Waals surface area contributed by atoms with E-state index in [2.05, 4.69) is 5.32 Å². The van der Waals surface area contributed by atoms with Gasteiger partial charge >= 0.3 is 0 Å². The van der Waals surface area contributed by atoms with Gasteiger partial charge in [0.2, 0.25) is 0 Å². The summed E-state index contributed by atoms with van der Waals surface area (Å²) in [5.41, 5.74) is 4.76. The molecule has 0 unspecified atom stereocenters. The molecule has 1 rings (SSSR count). The molecular weight excluding hydrogens is 138 g/mol. The molecule has 0 aromatic rings. The van der Waals surface area contributed by atoms with Crippen LogP contribution in [0.2, 0.25) is 0 Å². The Bertz CT molecular complexity index is 120. The number of rotatable bonds is 0. The molecule has 0 bridgehead atoms. The van der Waals surface area contributed by atoms with E-state index in [1.54, 1.807) is 6.92 Å². The third kappa shape index (κ3) is 1.88. The third-order valence-corrected chi connectivity index (χ3v) is 1.57. The lowest BCUT2D eigenvalue weighted by atomic mass is 9.91. The molecule has 0 spiro atoms. The van der Waals surface area contributed by atoms with Crippen LogP contribution in [0.1, 0.15) is 13.3 Å². The molecule has 0 radical (unpaired) electrons. The maximum atomic E-state index is 12.6. The van der Waals surface area contributed by atoms with Crippen LogP contribution in [0, 0.1) is 0 Å². The fourth-order valence-corrected chi connectivity index (χ4v) is 1.25. The predicted molar refractivity (Wildman–Crippen MR) is 35.0 cm³/mol. The molecule has 0 aromatic heterocycles. The molecule has 3 N–H and O–H groups in total. The summed E-state index contributed by atoms with van der Waals surface area (Å²) in [6, 6.07) is 0. The van der Waals surface area contributed by atoms with Gasteiger partial charge in [-0.05, 0) is 6.92 Å². The van der Waals surface area contributed by atoms with E-state index in [9.17, 15) is 8.78 Å². The minimum Gasteiger partial charge on any atom is -0.324 e. The highest BCUT2D eigenvalue weighted by atomic mass is 19.3. The molecule has 0 aromatic carbocycles. The number of hydrogen-bond acceptors (Lipinski definition) is 2. The van der Waals surface area contributed by atoms with Crippen molar-refractivity contribution in [1.29, 1.82) is 0 Å². The number of piperidine rings is 1. The normalized spacial score (nSPS) is 39.6. The van der Waals surface area contributed by atoms with Gasteiger partial charge in [0.25, 0.3) is 5.92 Å². The molecule has 0 saturated carbocycles. The second-order valence-electron chi connectivity index (χ2n) is 3.29. The van der Waals surface area contributed by atoms with Crippen LogP contribution < -0.4 is 11.1 Å². The van der Waals surface area contributed by atoms with Crippen LogP contribution in [-0.4, -0.2) is 24.6 Å². The van der Waals surface area contributed by atoms with E-state index in [4.69, 9.17) is 5.73 Å². The van der Waals surface area contributed by atoms with Gasteiger partial charge in [0.05, 0.1) is 6.54 Å². The second-order valence-corrected chi connectivity index (χ2v) is 3.29. The topological polar surface area (TPSA) is 38.0 Å². The lowest BCUT2D eigenvalue weighted by molar-refractivity contribution is -0.0426. The molecule has 0 aliphatic carbocycles. The molecule has 1 fully saturated rings. The fourth-order valence-electron chi connectivity index (χ4n) is 1.25. The largest absolute Gasteiger partial charge is 0.324 e. The first-order valence-corrected chi connectivity index (χ1v) is 3.29. The van der Waals surface area contributed by atoms with Gasteiger partial charge in [0, 0.05) is 18.5 Å². The molecule has 0 amide bonds. The highest BCUT2D eigenvalue weighted by molar-refractivity contribution is 4.93. The highest BCUT2D eigenvalue weighted by Crippen LogP contribution is 2.26. The summed E-state index contributed by atoms with van der Waals surface area (Å²) in [5, 5.41) is 2.59. The van der Waals surface area contributed by atoms with E-state index >= 15 is 0 Å². The zero-order chi connectivity index (χ0) is 7.83. The molecule has 4 heteroatoms. The maximum absolute atomic E-state index is 12.6. The van der Waals surface area contributed by atoms with Crippen LogP contribution in [0.15, 0.2) is 0 Å². The Labute approximate surface area is 58.8 Å².